The van der Waals surface area contributed by atoms with E-state index in [2.05, 4.69) is 22.9 Å². The molecule has 40 heavy (non-hydrogen) atoms. The van der Waals surface area contributed by atoms with Gasteiger partial charge < -0.3 is 24.8 Å². The van der Waals surface area contributed by atoms with Gasteiger partial charge in [-0.3, -0.25) is 4.79 Å². The summed E-state index contributed by atoms with van der Waals surface area (Å²) >= 11 is 17.0. The van der Waals surface area contributed by atoms with Crippen molar-refractivity contribution in [1.29, 1.82) is 0 Å². The predicted octanol–water partition coefficient (Wildman–Crippen LogP) is 6.50. The summed E-state index contributed by atoms with van der Waals surface area (Å²) in [7, 11) is 2.05. The number of hydrogen-bond acceptors (Lipinski definition) is 5. The number of halogens is 3. The molecule has 0 aliphatic carbocycles. The number of hydrogen-bond donors (Lipinski definition) is 2. The van der Waals surface area contributed by atoms with Crippen LogP contribution < -0.4 is 5.32 Å². The summed E-state index contributed by atoms with van der Waals surface area (Å²) < 4.78 is 11.0. The van der Waals surface area contributed by atoms with Crippen molar-refractivity contribution in [2.75, 3.05) is 20.1 Å². The largest absolute Gasteiger partial charge is 0.392 e. The summed E-state index contributed by atoms with van der Waals surface area (Å²) in [6.45, 7) is 5.57. The number of amides is 1. The Labute approximate surface area is 250 Å². The highest BCUT2D eigenvalue weighted by Crippen LogP contribution is 2.39. The number of carbonyl (C=O) groups is 1. The zero-order valence-electron chi connectivity index (χ0n) is 22.2. The van der Waals surface area contributed by atoms with Gasteiger partial charge in [0.15, 0.2) is 6.29 Å². The van der Waals surface area contributed by atoms with Crippen molar-refractivity contribution in [2.24, 2.45) is 0 Å². The van der Waals surface area contributed by atoms with Gasteiger partial charge in [0, 0.05) is 31.6 Å². The molecular weight excluding hydrogens is 571 g/mol. The number of benzene rings is 3. The summed E-state index contributed by atoms with van der Waals surface area (Å²) in [6.07, 6.45) is 1.80. The number of aliphatic hydroxyl groups excluding tert-OH is 1. The number of alkyl halides is 3. The predicted molar refractivity (Wildman–Crippen MR) is 160 cm³/mol. The monoisotopic (exact) mass is 602 g/mol. The number of carbonyl (C=O) groups excluding carboxylic acids is 1. The van der Waals surface area contributed by atoms with Gasteiger partial charge in [0.2, 0.25) is 0 Å². The average molecular weight is 604 g/mol. The highest BCUT2D eigenvalue weighted by atomic mass is 35.6. The van der Waals surface area contributed by atoms with Crippen molar-refractivity contribution in [3.8, 4) is 11.1 Å². The number of nitrogens with zero attached hydrogens (tertiary/aromatic N) is 1. The van der Waals surface area contributed by atoms with Crippen LogP contribution in [0.25, 0.3) is 11.1 Å². The number of nitrogens with one attached hydrogen (secondary N) is 1. The van der Waals surface area contributed by atoms with Crippen LogP contribution in [0, 0.1) is 0 Å². The maximum atomic E-state index is 11.9. The SMILES string of the molecule is C=CCN(C)CC1CC(c2ccc(CO)cc2)OC(c2cccc(-c3cccc(CNC(=O)C(Cl)(Cl)Cl)c3)c2)O1. The third kappa shape index (κ3) is 8.30. The number of rotatable bonds is 10. The average Bonchev–Trinajstić information content (AvgIpc) is 2.95. The van der Waals surface area contributed by atoms with Gasteiger partial charge in [-0.05, 0) is 47.0 Å². The number of aliphatic hydroxyl groups is 1. The molecule has 1 aliphatic rings. The van der Waals surface area contributed by atoms with Crippen molar-refractivity contribution in [2.45, 2.75) is 41.9 Å². The van der Waals surface area contributed by atoms with Crippen molar-refractivity contribution >= 4 is 40.7 Å². The highest BCUT2D eigenvalue weighted by molar-refractivity contribution is 6.76. The minimum absolute atomic E-state index is 0.000218. The summed E-state index contributed by atoms with van der Waals surface area (Å²) in [5, 5.41) is 12.1. The van der Waals surface area contributed by atoms with Crippen molar-refractivity contribution in [3.63, 3.8) is 0 Å². The Hall–Kier alpha value is -2.42. The summed E-state index contributed by atoms with van der Waals surface area (Å²) in [6, 6.07) is 23.7. The smallest absolute Gasteiger partial charge is 0.272 e. The maximum absolute atomic E-state index is 11.9. The van der Waals surface area contributed by atoms with Gasteiger partial charge >= 0.3 is 0 Å². The molecule has 9 heteroatoms. The molecule has 4 rings (SSSR count). The van der Waals surface area contributed by atoms with Gasteiger partial charge in [-0.15, -0.1) is 6.58 Å². The Kier molecular flexibility index (Phi) is 10.7. The summed E-state index contributed by atoms with van der Waals surface area (Å²) in [4.78, 5) is 14.1. The van der Waals surface area contributed by atoms with Gasteiger partial charge in [-0.2, -0.15) is 0 Å². The molecular formula is C31H33Cl3N2O4. The molecule has 1 amide bonds. The molecule has 1 aliphatic heterocycles. The third-order valence-electron chi connectivity index (χ3n) is 6.70. The normalized spacial score (nSPS) is 19.4. The van der Waals surface area contributed by atoms with E-state index in [9.17, 15) is 9.90 Å². The van der Waals surface area contributed by atoms with Crippen LogP contribution in [-0.2, 0) is 27.4 Å². The van der Waals surface area contributed by atoms with Crippen molar-refractivity contribution in [3.05, 3.63) is 108 Å². The minimum Gasteiger partial charge on any atom is -0.392 e. The summed E-state index contributed by atoms with van der Waals surface area (Å²) in [5.41, 5.74) is 5.62. The number of likely N-dealkylation sites (N-methyl/N-ethyl adjacent to an activating group) is 1. The van der Waals surface area contributed by atoms with Gasteiger partial charge in [0.1, 0.15) is 0 Å². The van der Waals surface area contributed by atoms with E-state index >= 15 is 0 Å². The Balaban J connectivity index is 1.56. The molecule has 1 fully saturated rings. The van der Waals surface area contributed by atoms with Crippen LogP contribution in [0.3, 0.4) is 0 Å². The first-order valence-electron chi connectivity index (χ1n) is 13.0. The van der Waals surface area contributed by atoms with E-state index in [0.717, 1.165) is 46.5 Å². The number of ether oxygens (including phenoxy) is 2. The Morgan fingerprint density at radius 3 is 2.40 bits per heavy atom. The molecule has 0 aromatic heterocycles. The Bertz CT molecular complexity index is 1300. The quantitative estimate of drug-likeness (QED) is 0.205. The Morgan fingerprint density at radius 1 is 1.02 bits per heavy atom. The molecule has 2 N–H and O–H groups in total. The fourth-order valence-electron chi connectivity index (χ4n) is 4.68. The van der Waals surface area contributed by atoms with Crippen molar-refractivity contribution in [1.82, 2.24) is 10.2 Å². The minimum atomic E-state index is -2.01. The van der Waals surface area contributed by atoms with Crippen LogP contribution in [0.2, 0.25) is 0 Å². The lowest BCUT2D eigenvalue weighted by Gasteiger charge is -2.37. The lowest BCUT2D eigenvalue weighted by Crippen LogP contribution is -2.37. The molecule has 0 saturated carbocycles. The highest BCUT2D eigenvalue weighted by Gasteiger charge is 2.33. The first kappa shape index (κ1) is 30.5. The second kappa shape index (κ2) is 14.0. The fraction of sp³-hybridized carbons (Fsp3) is 0.323. The molecule has 3 unspecified atom stereocenters. The second-order valence-corrected chi connectivity index (χ2v) is 12.1. The zero-order valence-corrected chi connectivity index (χ0v) is 24.5. The van der Waals surface area contributed by atoms with E-state index < -0.39 is 16.0 Å². The van der Waals surface area contributed by atoms with Gasteiger partial charge in [-0.1, -0.05) is 102 Å². The van der Waals surface area contributed by atoms with Crippen LogP contribution in [0.4, 0.5) is 0 Å². The molecule has 0 bridgehead atoms. The fourth-order valence-corrected chi connectivity index (χ4v) is 4.88. The second-order valence-electron chi connectivity index (χ2n) is 9.87. The Morgan fingerprint density at radius 2 is 1.73 bits per heavy atom. The van der Waals surface area contributed by atoms with E-state index in [1.54, 1.807) is 0 Å². The van der Waals surface area contributed by atoms with E-state index in [4.69, 9.17) is 44.3 Å². The zero-order chi connectivity index (χ0) is 28.7. The third-order valence-corrected chi connectivity index (χ3v) is 7.22. The van der Waals surface area contributed by atoms with Crippen LogP contribution >= 0.6 is 34.8 Å². The van der Waals surface area contributed by atoms with E-state index in [0.29, 0.717) is 6.42 Å². The molecule has 1 heterocycles. The topological polar surface area (TPSA) is 71.0 Å². The van der Waals surface area contributed by atoms with E-state index in [1.807, 2.05) is 79.9 Å². The van der Waals surface area contributed by atoms with Crippen molar-refractivity contribution < 1.29 is 19.4 Å². The van der Waals surface area contributed by atoms with Gasteiger partial charge in [0.25, 0.3) is 9.70 Å². The molecule has 3 aromatic rings. The van der Waals surface area contributed by atoms with Crippen LogP contribution in [0.1, 0.15) is 41.1 Å². The van der Waals surface area contributed by atoms with Gasteiger partial charge in [-0.25, -0.2) is 0 Å². The van der Waals surface area contributed by atoms with E-state index in [-0.39, 0.29) is 25.4 Å². The first-order valence-corrected chi connectivity index (χ1v) is 14.1. The van der Waals surface area contributed by atoms with Gasteiger partial charge in [0.05, 0.1) is 18.8 Å². The standard InChI is InChI=1S/C31H33Cl3N2O4/c1-3-14-36(2)19-27-17-28(23-12-10-21(20-37)11-13-23)40-29(39-27)26-9-5-8-25(16-26)24-7-4-6-22(15-24)18-35-30(38)31(32,33)34/h3-13,15-16,27-29,37H,1,14,17-20H2,2H3,(H,35,38). The molecule has 1 saturated heterocycles. The molecule has 0 spiro atoms. The molecule has 3 aromatic carbocycles. The van der Waals surface area contributed by atoms with Crippen LogP contribution in [0.5, 0.6) is 0 Å². The maximum Gasteiger partial charge on any atom is 0.272 e. The summed E-state index contributed by atoms with van der Waals surface area (Å²) in [5.74, 6) is -0.676. The first-order chi connectivity index (χ1) is 19.2. The molecule has 6 nitrogen and oxygen atoms in total. The molecule has 3 atom stereocenters. The van der Waals surface area contributed by atoms with Crippen LogP contribution in [-0.4, -0.2) is 45.9 Å². The molecule has 0 radical (unpaired) electrons. The lowest BCUT2D eigenvalue weighted by molar-refractivity contribution is -0.252. The molecule has 212 valence electrons. The lowest BCUT2D eigenvalue weighted by atomic mass is 9.98. The van der Waals surface area contributed by atoms with E-state index in [1.165, 1.54) is 0 Å². The van der Waals surface area contributed by atoms with Crippen LogP contribution in [0.15, 0.2) is 85.5 Å².